The van der Waals surface area contributed by atoms with Crippen LogP contribution in [0.3, 0.4) is 0 Å². The molecule has 116 valence electrons. The molecule has 0 atom stereocenters. The standard InChI is InChI=1S/C19H17NO3/c1-19(2)10-9-15-17(23-19)8-6-13(18(15)22)5-7-16(21)14-4-3-11-20-12-14/h3-12,22H,1-2H3/b7-5+. The van der Waals surface area contributed by atoms with Crippen LogP contribution in [0.1, 0.15) is 35.3 Å². The zero-order chi connectivity index (χ0) is 16.4. The van der Waals surface area contributed by atoms with Gasteiger partial charge in [-0.2, -0.15) is 0 Å². The molecule has 0 unspecified atom stereocenters. The molecule has 0 aliphatic carbocycles. The zero-order valence-electron chi connectivity index (χ0n) is 13.0. The molecule has 0 radical (unpaired) electrons. The Labute approximate surface area is 134 Å². The van der Waals surface area contributed by atoms with Crippen LogP contribution >= 0.6 is 0 Å². The van der Waals surface area contributed by atoms with E-state index in [1.807, 2.05) is 26.0 Å². The molecule has 3 rings (SSSR count). The lowest BCUT2D eigenvalue weighted by Crippen LogP contribution is -2.27. The normalized spacial score (nSPS) is 15.2. The number of aromatic hydroxyl groups is 1. The minimum atomic E-state index is -0.396. The smallest absolute Gasteiger partial charge is 0.187 e. The van der Waals surface area contributed by atoms with Crippen LogP contribution < -0.4 is 4.74 Å². The van der Waals surface area contributed by atoms with Gasteiger partial charge < -0.3 is 9.84 Å². The number of allylic oxidation sites excluding steroid dienone is 1. The van der Waals surface area contributed by atoms with Crippen LogP contribution in [0.25, 0.3) is 12.2 Å². The van der Waals surface area contributed by atoms with E-state index in [-0.39, 0.29) is 11.5 Å². The van der Waals surface area contributed by atoms with E-state index in [9.17, 15) is 9.90 Å². The molecule has 0 amide bonds. The lowest BCUT2D eigenvalue weighted by atomic mass is 9.99. The summed E-state index contributed by atoms with van der Waals surface area (Å²) in [5, 5.41) is 10.4. The van der Waals surface area contributed by atoms with Gasteiger partial charge in [0.15, 0.2) is 5.78 Å². The van der Waals surface area contributed by atoms with Gasteiger partial charge in [0, 0.05) is 23.5 Å². The molecule has 2 heterocycles. The van der Waals surface area contributed by atoms with Gasteiger partial charge in [-0.25, -0.2) is 0 Å². The van der Waals surface area contributed by atoms with Gasteiger partial charge in [-0.1, -0.05) is 0 Å². The first-order chi connectivity index (χ1) is 11.0. The van der Waals surface area contributed by atoms with Crippen molar-refractivity contribution in [3.8, 4) is 11.5 Å². The van der Waals surface area contributed by atoms with Crippen molar-refractivity contribution in [2.24, 2.45) is 0 Å². The first-order valence-electron chi connectivity index (χ1n) is 7.33. The Morgan fingerprint density at radius 3 is 2.87 bits per heavy atom. The molecule has 1 aromatic carbocycles. The zero-order valence-corrected chi connectivity index (χ0v) is 13.0. The number of hydrogen-bond donors (Lipinski definition) is 1. The molecule has 2 aromatic rings. The molecular formula is C19H17NO3. The summed E-state index contributed by atoms with van der Waals surface area (Å²) in [6.45, 7) is 3.90. The Hall–Kier alpha value is -2.88. The third-order valence-electron chi connectivity index (χ3n) is 3.59. The van der Waals surface area contributed by atoms with E-state index in [1.54, 1.807) is 36.5 Å². The van der Waals surface area contributed by atoms with Gasteiger partial charge in [-0.15, -0.1) is 0 Å². The second-order valence-corrected chi connectivity index (χ2v) is 5.89. The van der Waals surface area contributed by atoms with E-state index in [4.69, 9.17) is 4.74 Å². The quantitative estimate of drug-likeness (QED) is 0.691. The maximum Gasteiger partial charge on any atom is 0.187 e. The van der Waals surface area contributed by atoms with Crippen molar-refractivity contribution in [3.05, 3.63) is 65.5 Å². The van der Waals surface area contributed by atoms with Crippen molar-refractivity contribution >= 4 is 17.9 Å². The number of phenols is 1. The molecule has 0 fully saturated rings. The monoisotopic (exact) mass is 307 g/mol. The number of ketones is 1. The summed E-state index contributed by atoms with van der Waals surface area (Å²) < 4.78 is 5.80. The third-order valence-corrected chi connectivity index (χ3v) is 3.59. The summed E-state index contributed by atoms with van der Waals surface area (Å²) in [5.41, 5.74) is 1.30. The molecule has 1 N–H and O–H groups in total. The number of hydrogen-bond acceptors (Lipinski definition) is 4. The highest BCUT2D eigenvalue weighted by molar-refractivity contribution is 6.06. The van der Waals surface area contributed by atoms with Crippen LogP contribution in [0.15, 0.2) is 48.8 Å². The fourth-order valence-corrected chi connectivity index (χ4v) is 2.36. The van der Waals surface area contributed by atoms with Crippen molar-refractivity contribution in [1.29, 1.82) is 0 Å². The number of carbonyl (C=O) groups is 1. The Morgan fingerprint density at radius 1 is 1.30 bits per heavy atom. The van der Waals surface area contributed by atoms with E-state index in [0.29, 0.717) is 22.4 Å². The van der Waals surface area contributed by atoms with E-state index in [2.05, 4.69) is 4.98 Å². The average molecular weight is 307 g/mol. The number of nitrogens with zero attached hydrogens (tertiary/aromatic N) is 1. The average Bonchev–Trinajstić information content (AvgIpc) is 2.54. The molecule has 23 heavy (non-hydrogen) atoms. The van der Waals surface area contributed by atoms with Gasteiger partial charge in [0.1, 0.15) is 17.1 Å². The molecule has 0 spiro atoms. The van der Waals surface area contributed by atoms with Gasteiger partial charge >= 0.3 is 0 Å². The van der Waals surface area contributed by atoms with Crippen molar-refractivity contribution in [1.82, 2.24) is 4.98 Å². The Bertz CT molecular complexity index is 805. The third kappa shape index (κ3) is 3.16. The van der Waals surface area contributed by atoms with Gasteiger partial charge in [0.05, 0.1) is 5.56 Å². The molecular weight excluding hydrogens is 290 g/mol. The molecule has 0 saturated carbocycles. The van der Waals surface area contributed by atoms with E-state index >= 15 is 0 Å². The van der Waals surface area contributed by atoms with Crippen molar-refractivity contribution in [2.45, 2.75) is 19.4 Å². The first kappa shape index (κ1) is 15.0. The minimum absolute atomic E-state index is 0.101. The summed E-state index contributed by atoms with van der Waals surface area (Å²) in [6.07, 6.45) is 9.88. The summed E-state index contributed by atoms with van der Waals surface area (Å²) in [5.74, 6) is 0.568. The molecule has 1 aliphatic heterocycles. The SMILES string of the molecule is CC1(C)C=Cc2c(ccc(/C=C/C(=O)c3cccnc3)c2O)O1. The van der Waals surface area contributed by atoms with Crippen LogP contribution in [0, 0.1) is 0 Å². The lowest BCUT2D eigenvalue weighted by Gasteiger charge is -2.28. The number of pyridine rings is 1. The van der Waals surface area contributed by atoms with Crippen molar-refractivity contribution in [2.75, 3.05) is 0 Å². The van der Waals surface area contributed by atoms with Crippen LogP contribution in [0.4, 0.5) is 0 Å². The number of rotatable bonds is 3. The highest BCUT2D eigenvalue weighted by atomic mass is 16.5. The highest BCUT2D eigenvalue weighted by Gasteiger charge is 2.23. The summed E-state index contributed by atoms with van der Waals surface area (Å²) in [6, 6.07) is 6.94. The molecule has 4 heteroatoms. The van der Waals surface area contributed by atoms with Gasteiger partial charge in [0.25, 0.3) is 0 Å². The molecule has 0 bridgehead atoms. The topological polar surface area (TPSA) is 59.4 Å². The van der Waals surface area contributed by atoms with Crippen LogP contribution in [0.2, 0.25) is 0 Å². The largest absolute Gasteiger partial charge is 0.507 e. The van der Waals surface area contributed by atoms with E-state index in [1.165, 1.54) is 12.3 Å². The van der Waals surface area contributed by atoms with Gasteiger partial charge in [0.2, 0.25) is 0 Å². The maximum absolute atomic E-state index is 12.1. The number of ether oxygens (including phenoxy) is 1. The lowest BCUT2D eigenvalue weighted by molar-refractivity contribution is 0.104. The van der Waals surface area contributed by atoms with Crippen molar-refractivity contribution < 1.29 is 14.6 Å². The number of phenolic OH excluding ortho intramolecular Hbond substituents is 1. The fourth-order valence-electron chi connectivity index (χ4n) is 2.36. The summed E-state index contributed by atoms with van der Waals surface area (Å²) in [7, 11) is 0. The predicted octanol–water partition coefficient (Wildman–Crippen LogP) is 3.87. The van der Waals surface area contributed by atoms with E-state index < -0.39 is 5.60 Å². The van der Waals surface area contributed by atoms with Crippen LogP contribution in [-0.4, -0.2) is 21.5 Å². The number of carbonyl (C=O) groups excluding carboxylic acids is 1. The molecule has 0 saturated heterocycles. The van der Waals surface area contributed by atoms with Crippen LogP contribution in [0.5, 0.6) is 11.5 Å². The van der Waals surface area contributed by atoms with Gasteiger partial charge in [-0.3, -0.25) is 9.78 Å². The number of benzene rings is 1. The molecule has 1 aromatic heterocycles. The minimum Gasteiger partial charge on any atom is -0.507 e. The predicted molar refractivity (Wildman–Crippen MR) is 89.4 cm³/mol. The summed E-state index contributed by atoms with van der Waals surface area (Å²) in [4.78, 5) is 16.0. The molecule has 1 aliphatic rings. The second-order valence-electron chi connectivity index (χ2n) is 5.89. The number of aromatic nitrogens is 1. The highest BCUT2D eigenvalue weighted by Crippen LogP contribution is 2.38. The van der Waals surface area contributed by atoms with Crippen LogP contribution in [-0.2, 0) is 0 Å². The molecule has 4 nitrogen and oxygen atoms in total. The van der Waals surface area contributed by atoms with Crippen molar-refractivity contribution in [3.63, 3.8) is 0 Å². The Kier molecular flexibility index (Phi) is 3.74. The van der Waals surface area contributed by atoms with E-state index in [0.717, 1.165) is 0 Å². The number of fused-ring (bicyclic) bond motifs is 1. The fraction of sp³-hybridized carbons (Fsp3) is 0.158. The second kappa shape index (κ2) is 5.72. The maximum atomic E-state index is 12.1. The van der Waals surface area contributed by atoms with Gasteiger partial charge in [-0.05, 0) is 62.4 Å². The first-order valence-corrected chi connectivity index (χ1v) is 7.33. The summed E-state index contributed by atoms with van der Waals surface area (Å²) >= 11 is 0. The Balaban J connectivity index is 1.88. The Morgan fingerprint density at radius 2 is 2.13 bits per heavy atom.